The van der Waals surface area contributed by atoms with E-state index in [1.165, 1.54) is 11.1 Å². The zero-order chi connectivity index (χ0) is 26.3. The molecule has 0 spiro atoms. The first kappa shape index (κ1) is 24.6. The van der Waals surface area contributed by atoms with Crippen LogP contribution in [-0.2, 0) is 34.0 Å². The smallest absolute Gasteiger partial charge is 0.300 e. The van der Waals surface area contributed by atoms with E-state index in [1.807, 2.05) is 24.3 Å². The molecule has 2 N–H and O–H groups in total. The number of para-hydroxylation sites is 1. The Morgan fingerprint density at radius 1 is 1.03 bits per heavy atom. The zero-order valence-electron chi connectivity index (χ0n) is 21.2. The molecule has 4 aromatic rings. The molecule has 1 atom stereocenters. The van der Waals surface area contributed by atoms with E-state index < -0.39 is 9.84 Å². The highest BCUT2D eigenvalue weighted by Gasteiger charge is 2.23. The van der Waals surface area contributed by atoms with Crippen molar-refractivity contribution < 1.29 is 17.6 Å². The van der Waals surface area contributed by atoms with E-state index in [2.05, 4.69) is 56.9 Å². The Kier molecular flexibility index (Phi) is 6.41. The van der Waals surface area contributed by atoms with Crippen LogP contribution in [0.4, 0.5) is 11.7 Å². The molecule has 0 bridgehead atoms. The van der Waals surface area contributed by atoms with Gasteiger partial charge in [0, 0.05) is 43.9 Å². The van der Waals surface area contributed by atoms with Crippen molar-refractivity contribution in [1.82, 2.24) is 15.2 Å². The lowest BCUT2D eigenvalue weighted by Gasteiger charge is -2.26. The van der Waals surface area contributed by atoms with Crippen LogP contribution in [0.5, 0.6) is 0 Å². The maximum atomic E-state index is 11.7. The Morgan fingerprint density at radius 3 is 2.55 bits per heavy atom. The molecule has 9 heteroatoms. The van der Waals surface area contributed by atoms with Gasteiger partial charge in [0.25, 0.3) is 6.01 Å². The van der Waals surface area contributed by atoms with Gasteiger partial charge in [0.2, 0.25) is 5.91 Å². The minimum Gasteiger partial charge on any atom is -0.423 e. The minimum atomic E-state index is -2.88. The van der Waals surface area contributed by atoms with Crippen LogP contribution in [0.15, 0.2) is 65.1 Å². The summed E-state index contributed by atoms with van der Waals surface area (Å²) in [6, 6.07) is 21.1. The molecule has 38 heavy (non-hydrogen) atoms. The number of benzene rings is 3. The van der Waals surface area contributed by atoms with E-state index in [9.17, 15) is 13.2 Å². The van der Waals surface area contributed by atoms with Crippen LogP contribution in [0, 0.1) is 0 Å². The first-order chi connectivity index (χ1) is 18.3. The highest BCUT2D eigenvalue weighted by atomic mass is 32.2. The second-order valence-electron chi connectivity index (χ2n) is 10.2. The molecule has 2 aliphatic rings. The van der Waals surface area contributed by atoms with Gasteiger partial charge in [-0.1, -0.05) is 42.5 Å². The van der Waals surface area contributed by atoms with Gasteiger partial charge in [-0.15, -0.1) is 0 Å². The third-order valence-electron chi connectivity index (χ3n) is 7.32. The molecule has 0 saturated carbocycles. The highest BCUT2D eigenvalue weighted by Crippen LogP contribution is 2.33. The maximum Gasteiger partial charge on any atom is 0.300 e. The fourth-order valence-electron chi connectivity index (χ4n) is 5.39. The molecule has 1 aliphatic heterocycles. The molecule has 1 aromatic heterocycles. The number of sulfone groups is 1. The number of hydrogen-bond acceptors (Lipinski definition) is 7. The Hall–Kier alpha value is -3.69. The summed E-state index contributed by atoms with van der Waals surface area (Å²) in [5.41, 5.74) is 8.01. The molecule has 1 unspecified atom stereocenters. The van der Waals surface area contributed by atoms with Crippen molar-refractivity contribution in [3.63, 3.8) is 0 Å². The van der Waals surface area contributed by atoms with Gasteiger partial charge < -0.3 is 15.1 Å². The van der Waals surface area contributed by atoms with Crippen LogP contribution in [0.1, 0.15) is 23.6 Å². The number of amides is 1. The van der Waals surface area contributed by atoms with Gasteiger partial charge in [0.05, 0.1) is 11.5 Å². The summed E-state index contributed by atoms with van der Waals surface area (Å²) in [6.45, 7) is 3.45. The summed E-state index contributed by atoms with van der Waals surface area (Å²) in [5.74, 6) is 0.466. The molecule has 8 nitrogen and oxygen atoms in total. The highest BCUT2D eigenvalue weighted by molar-refractivity contribution is 7.91. The van der Waals surface area contributed by atoms with Crippen molar-refractivity contribution >= 4 is 38.5 Å². The van der Waals surface area contributed by atoms with Crippen molar-refractivity contribution in [2.45, 2.75) is 32.4 Å². The normalized spacial score (nSPS) is 18.8. The van der Waals surface area contributed by atoms with Gasteiger partial charge in [-0.3, -0.25) is 9.69 Å². The monoisotopic (exact) mass is 530 g/mol. The number of rotatable bonds is 6. The average molecular weight is 531 g/mol. The average Bonchev–Trinajstić information content (AvgIpc) is 3.48. The van der Waals surface area contributed by atoms with Gasteiger partial charge in [0.15, 0.2) is 15.4 Å². The van der Waals surface area contributed by atoms with Crippen molar-refractivity contribution in [2.24, 2.45) is 0 Å². The number of anilines is 2. The molecule has 2 heterocycles. The number of aromatic nitrogens is 1. The number of oxazole rings is 1. The van der Waals surface area contributed by atoms with Gasteiger partial charge in [-0.25, -0.2) is 8.42 Å². The molecule has 196 valence electrons. The Morgan fingerprint density at radius 2 is 1.79 bits per heavy atom. The van der Waals surface area contributed by atoms with Gasteiger partial charge in [-0.05, 0) is 53.3 Å². The van der Waals surface area contributed by atoms with Crippen molar-refractivity contribution in [1.29, 1.82) is 0 Å². The van der Waals surface area contributed by atoms with E-state index in [4.69, 9.17) is 4.42 Å². The Balaban J connectivity index is 1.17. The quantitative estimate of drug-likeness (QED) is 0.387. The molecule has 6 rings (SSSR count). The summed E-state index contributed by atoms with van der Waals surface area (Å²) in [6.07, 6.45) is 1.66. The summed E-state index contributed by atoms with van der Waals surface area (Å²) >= 11 is 0. The summed E-state index contributed by atoms with van der Waals surface area (Å²) in [4.78, 5) is 18.3. The van der Waals surface area contributed by atoms with Gasteiger partial charge in [0.1, 0.15) is 5.52 Å². The molecule has 1 aliphatic carbocycles. The number of nitrogens with one attached hydrogen (secondary N) is 2. The van der Waals surface area contributed by atoms with Crippen LogP contribution >= 0.6 is 0 Å². The van der Waals surface area contributed by atoms with E-state index in [1.54, 1.807) is 6.92 Å². The third-order valence-corrected chi connectivity index (χ3v) is 8.93. The maximum absolute atomic E-state index is 11.7. The van der Waals surface area contributed by atoms with E-state index in [-0.39, 0.29) is 23.5 Å². The first-order valence-corrected chi connectivity index (χ1v) is 14.7. The standard InChI is InChI=1S/C29H30N4O4S/c1-19(34)30-25-15-22-9-10-24(16-23(22)17-25)31-29-32-27-4-2-3-26(28(27)37-29)21-7-5-20(6-8-21)18-33-11-13-38(35,36)14-12-33/h2-10,16,25H,11-15,17-18H2,1H3,(H,30,34)(H,31,32). The predicted octanol–water partition coefficient (Wildman–Crippen LogP) is 4.07. The Bertz CT molecular complexity index is 1600. The Labute approximate surface area is 222 Å². The second kappa shape index (κ2) is 9.89. The molecule has 1 amide bonds. The van der Waals surface area contributed by atoms with E-state index >= 15 is 0 Å². The summed E-state index contributed by atoms with van der Waals surface area (Å²) in [7, 11) is -2.88. The van der Waals surface area contributed by atoms with Crippen LogP contribution < -0.4 is 10.6 Å². The number of nitrogens with zero attached hydrogens (tertiary/aromatic N) is 2. The SMILES string of the molecule is CC(=O)NC1Cc2ccc(Nc3nc4cccc(-c5ccc(CN6CCS(=O)(=O)CC6)cc5)c4o3)cc2C1. The van der Waals surface area contributed by atoms with E-state index in [0.717, 1.165) is 52.9 Å². The molecule has 0 radical (unpaired) electrons. The van der Waals surface area contributed by atoms with Crippen molar-refractivity contribution in [3.8, 4) is 11.1 Å². The fraction of sp³-hybridized carbons (Fsp3) is 0.310. The summed E-state index contributed by atoms with van der Waals surface area (Å²) < 4.78 is 29.6. The van der Waals surface area contributed by atoms with Crippen molar-refractivity contribution in [3.05, 3.63) is 77.4 Å². The lowest BCUT2D eigenvalue weighted by Crippen LogP contribution is -2.39. The molecular weight excluding hydrogens is 500 g/mol. The predicted molar refractivity (Wildman–Crippen MR) is 148 cm³/mol. The van der Waals surface area contributed by atoms with Gasteiger partial charge in [-0.2, -0.15) is 4.98 Å². The number of hydrogen-bond donors (Lipinski definition) is 2. The molecule has 1 saturated heterocycles. The van der Waals surface area contributed by atoms with Gasteiger partial charge >= 0.3 is 0 Å². The third kappa shape index (κ3) is 5.30. The van der Waals surface area contributed by atoms with Crippen molar-refractivity contribution in [2.75, 3.05) is 29.9 Å². The second-order valence-corrected chi connectivity index (χ2v) is 12.5. The number of carbonyl (C=O) groups excluding carboxylic acids is 1. The molecule has 3 aromatic carbocycles. The van der Waals surface area contributed by atoms with Crippen LogP contribution in [-0.4, -0.2) is 54.8 Å². The lowest BCUT2D eigenvalue weighted by atomic mass is 10.0. The molecule has 1 fully saturated rings. The lowest BCUT2D eigenvalue weighted by molar-refractivity contribution is -0.119. The fourth-order valence-corrected chi connectivity index (χ4v) is 6.67. The number of fused-ring (bicyclic) bond motifs is 2. The minimum absolute atomic E-state index is 0.00213. The molecular formula is C29H30N4O4S. The summed E-state index contributed by atoms with van der Waals surface area (Å²) in [5, 5.41) is 6.31. The largest absolute Gasteiger partial charge is 0.423 e. The number of carbonyl (C=O) groups is 1. The van der Waals surface area contributed by atoms with Crippen LogP contribution in [0.3, 0.4) is 0 Å². The van der Waals surface area contributed by atoms with Crippen LogP contribution in [0.2, 0.25) is 0 Å². The van der Waals surface area contributed by atoms with E-state index in [0.29, 0.717) is 19.1 Å². The first-order valence-electron chi connectivity index (χ1n) is 12.9. The zero-order valence-corrected chi connectivity index (χ0v) is 22.1. The topological polar surface area (TPSA) is 105 Å². The van der Waals surface area contributed by atoms with Crippen LogP contribution in [0.25, 0.3) is 22.2 Å².